The van der Waals surface area contributed by atoms with E-state index in [9.17, 15) is 14.4 Å². The van der Waals surface area contributed by atoms with Crippen LogP contribution in [0.1, 0.15) is 35.7 Å². The molecule has 1 aliphatic rings. The summed E-state index contributed by atoms with van der Waals surface area (Å²) in [5, 5.41) is 5.55. The molecule has 1 aliphatic heterocycles. The number of amides is 3. The van der Waals surface area contributed by atoms with E-state index in [4.69, 9.17) is 11.6 Å². The van der Waals surface area contributed by atoms with Crippen LogP contribution in [-0.2, 0) is 16.0 Å². The van der Waals surface area contributed by atoms with Crippen LogP contribution in [0.5, 0.6) is 0 Å². The second-order valence-electron chi connectivity index (χ2n) is 8.07. The van der Waals surface area contributed by atoms with Gasteiger partial charge < -0.3 is 10.6 Å². The van der Waals surface area contributed by atoms with E-state index in [1.165, 1.54) is 0 Å². The third kappa shape index (κ3) is 5.63. The number of imide groups is 1. The third-order valence-corrected chi connectivity index (χ3v) is 6.42. The lowest BCUT2D eigenvalue weighted by Gasteiger charge is -2.16. The van der Waals surface area contributed by atoms with E-state index in [-0.39, 0.29) is 16.6 Å². The summed E-state index contributed by atoms with van der Waals surface area (Å²) < 4.78 is 0.907. The molecule has 3 amide bonds. The Kier molecular flexibility index (Phi) is 7.68. The molecule has 0 aliphatic carbocycles. The van der Waals surface area contributed by atoms with Gasteiger partial charge in [0, 0.05) is 21.4 Å². The zero-order chi connectivity index (χ0) is 24.9. The molecule has 1 heterocycles. The number of nitrogens with zero attached hydrogens (tertiary/aromatic N) is 1. The Balaban J connectivity index is 1.49. The maximum absolute atomic E-state index is 13.1. The molecule has 0 aromatic heterocycles. The number of anilines is 3. The first-order valence-corrected chi connectivity index (χ1v) is 12.4. The molecule has 3 aromatic carbocycles. The number of carbonyl (C=O) groups is 3. The number of aryl methyl sites for hydroxylation is 1. The van der Waals surface area contributed by atoms with Crippen molar-refractivity contribution in [1.82, 2.24) is 0 Å². The number of rotatable bonds is 8. The van der Waals surface area contributed by atoms with E-state index >= 15 is 0 Å². The van der Waals surface area contributed by atoms with Crippen LogP contribution in [0.25, 0.3) is 0 Å². The highest BCUT2D eigenvalue weighted by Crippen LogP contribution is 2.30. The lowest BCUT2D eigenvalue weighted by Crippen LogP contribution is -2.32. The molecule has 0 spiro atoms. The quantitative estimate of drug-likeness (QED) is 0.314. The van der Waals surface area contributed by atoms with Crippen molar-refractivity contribution < 1.29 is 14.4 Å². The SMILES string of the molecule is CCCCc1ccc(N2C(=O)C(Cl)=C(Nc3cccc(C(=O)Nc4ccc(Br)cc4)c3)C2=O)cc1. The number of unbranched alkanes of at least 4 members (excludes halogenated alkanes) is 1. The van der Waals surface area contributed by atoms with Crippen LogP contribution in [-0.4, -0.2) is 17.7 Å². The fourth-order valence-corrected chi connectivity index (χ4v) is 4.13. The summed E-state index contributed by atoms with van der Waals surface area (Å²) in [7, 11) is 0. The van der Waals surface area contributed by atoms with Gasteiger partial charge in [-0.3, -0.25) is 14.4 Å². The van der Waals surface area contributed by atoms with Gasteiger partial charge in [0.05, 0.1) is 5.69 Å². The van der Waals surface area contributed by atoms with E-state index in [0.717, 1.165) is 34.2 Å². The molecule has 0 atom stereocenters. The molecule has 0 saturated heterocycles. The second kappa shape index (κ2) is 10.9. The molecular formula is C27H23BrClN3O3. The average molecular weight is 553 g/mol. The fourth-order valence-electron chi connectivity index (χ4n) is 3.66. The molecule has 178 valence electrons. The summed E-state index contributed by atoms with van der Waals surface area (Å²) in [4.78, 5) is 39.6. The fraction of sp³-hybridized carbons (Fsp3) is 0.148. The highest BCUT2D eigenvalue weighted by Gasteiger charge is 2.39. The summed E-state index contributed by atoms with van der Waals surface area (Å²) in [6.07, 6.45) is 3.10. The standard InChI is InChI=1S/C27H23BrClN3O3/c1-2-3-5-17-8-14-22(15-9-17)32-26(34)23(29)24(27(32)35)30-21-7-4-6-18(16-21)25(33)31-20-12-10-19(28)11-13-20/h4,6-16,30H,2-3,5H2,1H3,(H,31,33). The molecular weight excluding hydrogens is 530 g/mol. The van der Waals surface area contributed by atoms with Crippen LogP contribution in [0.2, 0.25) is 0 Å². The zero-order valence-electron chi connectivity index (χ0n) is 19.0. The van der Waals surface area contributed by atoms with E-state index < -0.39 is 11.8 Å². The number of benzene rings is 3. The Labute approximate surface area is 217 Å². The summed E-state index contributed by atoms with van der Waals surface area (Å²) in [5.74, 6) is -1.45. The van der Waals surface area contributed by atoms with E-state index in [1.807, 2.05) is 24.3 Å². The Morgan fingerprint density at radius 1 is 0.943 bits per heavy atom. The van der Waals surface area contributed by atoms with Crippen LogP contribution in [0.15, 0.2) is 88.0 Å². The van der Waals surface area contributed by atoms with Gasteiger partial charge in [-0.2, -0.15) is 0 Å². The van der Waals surface area contributed by atoms with Crippen molar-refractivity contribution in [2.24, 2.45) is 0 Å². The lowest BCUT2D eigenvalue weighted by molar-refractivity contribution is -0.120. The van der Waals surface area contributed by atoms with Crippen LogP contribution in [0.3, 0.4) is 0 Å². The number of hydrogen-bond donors (Lipinski definition) is 2. The molecule has 35 heavy (non-hydrogen) atoms. The van der Waals surface area contributed by atoms with E-state index in [0.29, 0.717) is 22.6 Å². The molecule has 0 fully saturated rings. The van der Waals surface area contributed by atoms with Crippen molar-refractivity contribution in [3.8, 4) is 0 Å². The normalized spacial score (nSPS) is 13.4. The van der Waals surface area contributed by atoms with Crippen molar-refractivity contribution in [3.05, 3.63) is 99.1 Å². The van der Waals surface area contributed by atoms with Crippen molar-refractivity contribution in [2.45, 2.75) is 26.2 Å². The van der Waals surface area contributed by atoms with Crippen LogP contribution >= 0.6 is 27.5 Å². The Morgan fingerprint density at radius 2 is 1.66 bits per heavy atom. The van der Waals surface area contributed by atoms with Crippen LogP contribution < -0.4 is 15.5 Å². The van der Waals surface area contributed by atoms with Crippen molar-refractivity contribution >= 4 is 62.3 Å². The molecule has 2 N–H and O–H groups in total. The monoisotopic (exact) mass is 551 g/mol. The maximum atomic E-state index is 13.1. The van der Waals surface area contributed by atoms with Crippen LogP contribution in [0, 0.1) is 0 Å². The molecule has 8 heteroatoms. The Bertz CT molecular complexity index is 1300. The van der Waals surface area contributed by atoms with Gasteiger partial charge in [0.15, 0.2) is 0 Å². The molecule has 6 nitrogen and oxygen atoms in total. The van der Waals surface area contributed by atoms with Gasteiger partial charge >= 0.3 is 0 Å². The first kappa shape index (κ1) is 24.7. The number of carbonyl (C=O) groups excluding carboxylic acids is 3. The summed E-state index contributed by atoms with van der Waals surface area (Å²) >= 11 is 9.62. The van der Waals surface area contributed by atoms with Gasteiger partial charge in [0.2, 0.25) is 0 Å². The van der Waals surface area contributed by atoms with E-state index in [1.54, 1.807) is 48.5 Å². The van der Waals surface area contributed by atoms with Crippen LogP contribution in [0.4, 0.5) is 17.1 Å². The van der Waals surface area contributed by atoms with Gasteiger partial charge in [0.1, 0.15) is 10.7 Å². The molecule has 0 saturated carbocycles. The smallest absolute Gasteiger partial charge is 0.283 e. The summed E-state index contributed by atoms with van der Waals surface area (Å²) in [5.41, 5.74) is 3.06. The first-order valence-electron chi connectivity index (χ1n) is 11.2. The minimum Gasteiger partial charge on any atom is -0.350 e. The predicted molar refractivity (Wildman–Crippen MR) is 143 cm³/mol. The largest absolute Gasteiger partial charge is 0.350 e. The third-order valence-electron chi connectivity index (χ3n) is 5.54. The lowest BCUT2D eigenvalue weighted by atomic mass is 10.1. The summed E-state index contributed by atoms with van der Waals surface area (Å²) in [6.45, 7) is 2.13. The summed E-state index contributed by atoms with van der Waals surface area (Å²) in [6, 6.07) is 21.2. The Hall–Kier alpha value is -3.42. The molecule has 0 radical (unpaired) electrons. The average Bonchev–Trinajstić information content (AvgIpc) is 3.07. The number of nitrogens with one attached hydrogen (secondary N) is 2. The zero-order valence-corrected chi connectivity index (χ0v) is 21.3. The topological polar surface area (TPSA) is 78.5 Å². The van der Waals surface area contributed by atoms with E-state index in [2.05, 4.69) is 33.5 Å². The number of hydrogen-bond acceptors (Lipinski definition) is 4. The first-order chi connectivity index (χ1) is 16.9. The maximum Gasteiger partial charge on any atom is 0.283 e. The van der Waals surface area contributed by atoms with Gasteiger partial charge in [0.25, 0.3) is 17.7 Å². The number of halogens is 2. The van der Waals surface area contributed by atoms with Gasteiger partial charge in [-0.25, -0.2) is 4.90 Å². The van der Waals surface area contributed by atoms with Gasteiger partial charge in [-0.15, -0.1) is 0 Å². The molecule has 0 unspecified atom stereocenters. The Morgan fingerprint density at radius 3 is 2.34 bits per heavy atom. The predicted octanol–water partition coefficient (Wildman–Crippen LogP) is 6.48. The molecule has 4 rings (SSSR count). The van der Waals surface area contributed by atoms with Gasteiger partial charge in [-0.1, -0.05) is 59.1 Å². The van der Waals surface area contributed by atoms with Crippen molar-refractivity contribution in [1.29, 1.82) is 0 Å². The van der Waals surface area contributed by atoms with Crippen molar-refractivity contribution in [2.75, 3.05) is 15.5 Å². The highest BCUT2D eigenvalue weighted by atomic mass is 79.9. The molecule has 0 bridgehead atoms. The minimum absolute atomic E-state index is 0.0304. The second-order valence-corrected chi connectivity index (χ2v) is 9.37. The van der Waals surface area contributed by atoms with Crippen molar-refractivity contribution in [3.63, 3.8) is 0 Å². The van der Waals surface area contributed by atoms with Gasteiger partial charge in [-0.05, 0) is 73.0 Å². The highest BCUT2D eigenvalue weighted by molar-refractivity contribution is 9.10. The minimum atomic E-state index is -0.593. The molecule has 3 aromatic rings.